The van der Waals surface area contributed by atoms with Gasteiger partial charge in [0.25, 0.3) is 0 Å². The van der Waals surface area contributed by atoms with E-state index in [1.54, 1.807) is 0 Å². The van der Waals surface area contributed by atoms with Gasteiger partial charge in [0.05, 0.1) is 13.2 Å². The topological polar surface area (TPSA) is 18.5 Å². The van der Waals surface area contributed by atoms with E-state index < -0.39 is 7.26 Å². The number of hydrogen-bond acceptors (Lipinski definition) is 2. The average Bonchev–Trinajstić information content (AvgIpc) is 3.32. The highest BCUT2D eigenvalue weighted by Crippen LogP contribution is 2.69. The number of benzene rings is 2. The van der Waals surface area contributed by atoms with Crippen LogP contribution < -0.4 is 10.6 Å². The summed E-state index contributed by atoms with van der Waals surface area (Å²) in [6, 6.07) is 22.0. The van der Waals surface area contributed by atoms with Crippen LogP contribution in [0.3, 0.4) is 0 Å². The van der Waals surface area contributed by atoms with Gasteiger partial charge in [-0.1, -0.05) is 36.4 Å². The fourth-order valence-corrected chi connectivity index (χ4v) is 9.30. The van der Waals surface area contributed by atoms with Gasteiger partial charge in [-0.25, -0.2) is 0 Å². The van der Waals surface area contributed by atoms with Gasteiger partial charge >= 0.3 is 0 Å². The third kappa shape index (κ3) is 2.63. The van der Waals surface area contributed by atoms with E-state index in [-0.39, 0.29) is 0 Å². The Hall–Kier alpha value is -1.21. The third-order valence-corrected chi connectivity index (χ3v) is 10.0. The number of rotatable bonds is 4. The fraction of sp³-hybridized carbons (Fsp3) is 0.400. The van der Waals surface area contributed by atoms with Crippen molar-refractivity contribution in [3.8, 4) is 0 Å². The van der Waals surface area contributed by atoms with Gasteiger partial charge in [-0.05, 0) is 37.1 Å². The van der Waals surface area contributed by atoms with Crippen LogP contribution in [0.5, 0.6) is 0 Å². The standard InChI is InChI=1S/C20H24O2P/c1-3-9-17(10-4-1)23(19-13-7-15-21-19,20-14-8-16-22-20)18-11-5-2-6-12-18/h1-6,9-12,19-20H,7-8,13-16H2/q+1/t19-,20+. The molecule has 2 aliphatic rings. The van der Waals surface area contributed by atoms with Gasteiger partial charge < -0.3 is 9.47 Å². The van der Waals surface area contributed by atoms with Gasteiger partial charge in [0.1, 0.15) is 17.9 Å². The highest BCUT2D eigenvalue weighted by Gasteiger charge is 2.59. The summed E-state index contributed by atoms with van der Waals surface area (Å²) < 4.78 is 12.6. The maximum absolute atomic E-state index is 6.31. The lowest BCUT2D eigenvalue weighted by atomic mass is 10.4. The van der Waals surface area contributed by atoms with Crippen molar-refractivity contribution in [2.24, 2.45) is 0 Å². The van der Waals surface area contributed by atoms with E-state index >= 15 is 0 Å². The molecule has 2 fully saturated rings. The molecular weight excluding hydrogens is 303 g/mol. The zero-order chi connectivity index (χ0) is 15.5. The van der Waals surface area contributed by atoms with E-state index in [4.69, 9.17) is 9.47 Å². The summed E-state index contributed by atoms with van der Waals surface area (Å²) in [7, 11) is -1.74. The molecule has 0 N–H and O–H groups in total. The lowest BCUT2D eigenvalue weighted by molar-refractivity contribution is 0.144. The van der Waals surface area contributed by atoms with Gasteiger partial charge in [0.15, 0.2) is 11.7 Å². The predicted molar refractivity (Wildman–Crippen MR) is 97.0 cm³/mol. The molecule has 2 aliphatic heterocycles. The molecule has 23 heavy (non-hydrogen) atoms. The maximum Gasteiger partial charge on any atom is 0.179 e. The quantitative estimate of drug-likeness (QED) is 0.792. The summed E-state index contributed by atoms with van der Waals surface area (Å²) in [5, 5.41) is 2.87. The van der Waals surface area contributed by atoms with E-state index in [2.05, 4.69) is 60.7 Å². The highest BCUT2D eigenvalue weighted by molar-refractivity contribution is 7.90. The first-order valence-electron chi connectivity index (χ1n) is 8.65. The molecule has 0 spiro atoms. The molecule has 3 heteroatoms. The first-order chi connectivity index (χ1) is 11.4. The second-order valence-electron chi connectivity index (χ2n) is 6.38. The second-order valence-corrected chi connectivity index (χ2v) is 10.1. The van der Waals surface area contributed by atoms with Crippen LogP contribution >= 0.6 is 7.26 Å². The molecule has 2 atom stereocenters. The van der Waals surface area contributed by atoms with Crippen LogP contribution in [0.4, 0.5) is 0 Å². The molecule has 2 saturated heterocycles. The van der Waals surface area contributed by atoms with Gasteiger partial charge in [0.2, 0.25) is 0 Å². The molecule has 0 amide bonds. The minimum absolute atomic E-state index is 0.301. The summed E-state index contributed by atoms with van der Waals surface area (Å²) in [5.41, 5.74) is 0. The number of ether oxygens (including phenoxy) is 2. The molecule has 0 unspecified atom stereocenters. The Morgan fingerprint density at radius 1 is 0.652 bits per heavy atom. The van der Waals surface area contributed by atoms with Gasteiger partial charge in [-0.2, -0.15) is 0 Å². The van der Waals surface area contributed by atoms with Crippen LogP contribution in [0.15, 0.2) is 60.7 Å². The zero-order valence-corrected chi connectivity index (χ0v) is 14.3. The first kappa shape index (κ1) is 15.3. The molecule has 0 bridgehead atoms. The molecule has 0 radical (unpaired) electrons. The first-order valence-corrected chi connectivity index (χ1v) is 10.6. The molecule has 2 nitrogen and oxygen atoms in total. The largest absolute Gasteiger partial charge is 0.343 e. The molecule has 2 heterocycles. The van der Waals surface area contributed by atoms with Crippen molar-refractivity contribution in [1.29, 1.82) is 0 Å². The molecule has 2 aromatic rings. The van der Waals surface area contributed by atoms with Crippen LogP contribution in [-0.2, 0) is 9.47 Å². The summed E-state index contributed by atoms with van der Waals surface area (Å²) in [5.74, 6) is 0.603. The van der Waals surface area contributed by atoms with E-state index in [1.807, 2.05) is 0 Å². The molecule has 2 aromatic carbocycles. The van der Waals surface area contributed by atoms with E-state index in [0.29, 0.717) is 11.7 Å². The normalized spacial score (nSPS) is 24.9. The summed E-state index contributed by atoms with van der Waals surface area (Å²) >= 11 is 0. The Morgan fingerprint density at radius 2 is 1.09 bits per heavy atom. The van der Waals surface area contributed by atoms with Gasteiger partial charge in [-0.15, -0.1) is 0 Å². The van der Waals surface area contributed by atoms with Crippen LogP contribution in [0.2, 0.25) is 0 Å². The monoisotopic (exact) mass is 327 g/mol. The minimum atomic E-state index is -1.74. The summed E-state index contributed by atoms with van der Waals surface area (Å²) in [4.78, 5) is 0. The molecule has 4 rings (SSSR count). The van der Waals surface area contributed by atoms with Crippen molar-refractivity contribution in [1.82, 2.24) is 0 Å². The van der Waals surface area contributed by atoms with E-state index in [1.165, 1.54) is 23.5 Å². The summed E-state index contributed by atoms with van der Waals surface area (Å²) in [6.45, 7) is 1.78. The Kier molecular flexibility index (Phi) is 4.48. The van der Waals surface area contributed by atoms with Crippen molar-refractivity contribution in [2.45, 2.75) is 37.4 Å². The molecular formula is C20H24O2P+. The van der Waals surface area contributed by atoms with E-state index in [0.717, 1.165) is 26.1 Å². The average molecular weight is 327 g/mol. The second kappa shape index (κ2) is 6.73. The Labute approximate surface area is 139 Å². The molecule has 0 aliphatic carbocycles. The van der Waals surface area contributed by atoms with Crippen LogP contribution in [-0.4, -0.2) is 24.9 Å². The lowest BCUT2D eigenvalue weighted by Crippen LogP contribution is -2.38. The Bertz CT molecular complexity index is 559. The van der Waals surface area contributed by atoms with Crippen molar-refractivity contribution in [2.75, 3.05) is 13.2 Å². The van der Waals surface area contributed by atoms with Gasteiger partial charge in [-0.3, -0.25) is 0 Å². The zero-order valence-electron chi connectivity index (χ0n) is 13.4. The fourth-order valence-electron chi connectivity index (χ4n) is 4.11. The molecule has 0 aromatic heterocycles. The molecule has 120 valence electrons. The van der Waals surface area contributed by atoms with E-state index in [9.17, 15) is 0 Å². The lowest BCUT2D eigenvalue weighted by Gasteiger charge is -2.35. The van der Waals surface area contributed by atoms with Crippen molar-refractivity contribution in [3.63, 3.8) is 0 Å². The van der Waals surface area contributed by atoms with Crippen LogP contribution in [0, 0.1) is 0 Å². The predicted octanol–water partition coefficient (Wildman–Crippen LogP) is 3.93. The highest BCUT2D eigenvalue weighted by atomic mass is 31.2. The van der Waals surface area contributed by atoms with Crippen molar-refractivity contribution >= 4 is 17.9 Å². The maximum atomic E-state index is 6.31. The number of hydrogen-bond donors (Lipinski definition) is 0. The summed E-state index contributed by atoms with van der Waals surface area (Å²) in [6.07, 6.45) is 4.63. The third-order valence-electron chi connectivity index (χ3n) is 5.09. The van der Waals surface area contributed by atoms with Crippen LogP contribution in [0.25, 0.3) is 0 Å². The van der Waals surface area contributed by atoms with Crippen molar-refractivity contribution in [3.05, 3.63) is 60.7 Å². The minimum Gasteiger partial charge on any atom is -0.343 e. The van der Waals surface area contributed by atoms with Gasteiger partial charge in [0, 0.05) is 12.8 Å². The van der Waals surface area contributed by atoms with Crippen molar-refractivity contribution < 1.29 is 9.47 Å². The molecule has 0 saturated carbocycles. The Morgan fingerprint density at radius 3 is 1.43 bits per heavy atom. The Balaban J connectivity index is 1.92. The SMILES string of the molecule is c1ccc([P+](c2ccccc2)([C@@H]2CCCO2)[C@H]2CCCO2)cc1. The van der Waals surface area contributed by atoms with Crippen LogP contribution in [0.1, 0.15) is 25.7 Å². The smallest absolute Gasteiger partial charge is 0.179 e.